The molecule has 3 heterocycles. The fraction of sp³-hybridized carbons (Fsp3) is 0.455. The summed E-state index contributed by atoms with van der Waals surface area (Å²) < 4.78 is 1.19. The minimum Gasteiger partial charge on any atom is -0.354 e. The van der Waals surface area contributed by atoms with Crippen LogP contribution in [0.3, 0.4) is 0 Å². The molecule has 1 fully saturated rings. The number of thiophene rings is 1. The number of fused-ring (bicyclic) bond motifs is 1. The van der Waals surface area contributed by atoms with E-state index < -0.39 is 0 Å². The van der Waals surface area contributed by atoms with Gasteiger partial charge in [0.15, 0.2) is 0 Å². The summed E-state index contributed by atoms with van der Waals surface area (Å²) in [4.78, 5) is 21.0. The molecule has 4 rings (SSSR count). The van der Waals surface area contributed by atoms with Crippen LogP contribution < -0.4 is 5.32 Å². The summed E-state index contributed by atoms with van der Waals surface area (Å²) in [5.41, 5.74) is 1.03. The van der Waals surface area contributed by atoms with Crippen molar-refractivity contribution < 1.29 is 4.79 Å². The molecule has 1 atom stereocenters. The maximum Gasteiger partial charge on any atom is 0.220 e. The standard InChI is InChI=1S/C22H27N3OS2/c1-16-10-12-25(13-11-16)18(20-7-4-14-27-20)15-23-21(26)8-9-22-24-17-5-2-3-6-19(17)28-22/h2-7,14,16,18H,8-13,15H2,1H3,(H,23,26). The third kappa shape index (κ3) is 4.80. The van der Waals surface area contributed by atoms with Crippen molar-refractivity contribution >= 4 is 38.8 Å². The van der Waals surface area contributed by atoms with Gasteiger partial charge in [0.25, 0.3) is 0 Å². The summed E-state index contributed by atoms with van der Waals surface area (Å²) in [5, 5.41) is 6.35. The minimum atomic E-state index is 0.117. The Hall–Kier alpha value is -1.76. The zero-order valence-corrected chi connectivity index (χ0v) is 17.9. The summed E-state index contributed by atoms with van der Waals surface area (Å²) in [7, 11) is 0. The van der Waals surface area contributed by atoms with Gasteiger partial charge in [-0.3, -0.25) is 9.69 Å². The Labute approximate surface area is 174 Å². The summed E-state index contributed by atoms with van der Waals surface area (Å²) in [6, 6.07) is 12.7. The Morgan fingerprint density at radius 2 is 2.07 bits per heavy atom. The van der Waals surface area contributed by atoms with Crippen LogP contribution in [0.1, 0.15) is 42.1 Å². The Morgan fingerprint density at radius 3 is 2.82 bits per heavy atom. The largest absolute Gasteiger partial charge is 0.354 e. The fourth-order valence-corrected chi connectivity index (χ4v) is 5.60. The summed E-state index contributed by atoms with van der Waals surface area (Å²) in [6.07, 6.45) is 3.69. The van der Waals surface area contributed by atoms with Gasteiger partial charge in [0.05, 0.1) is 21.3 Å². The monoisotopic (exact) mass is 413 g/mol. The second-order valence-corrected chi connectivity index (χ2v) is 9.72. The third-order valence-corrected chi connectivity index (χ3v) is 7.60. The number of aromatic nitrogens is 1. The fourth-order valence-electron chi connectivity index (χ4n) is 3.78. The number of amides is 1. The number of piperidine rings is 1. The molecule has 3 aromatic rings. The number of benzene rings is 1. The van der Waals surface area contributed by atoms with Crippen LogP contribution in [0.25, 0.3) is 10.2 Å². The average Bonchev–Trinajstić information content (AvgIpc) is 3.37. The molecular weight excluding hydrogens is 386 g/mol. The molecule has 1 amide bonds. The molecule has 1 aliphatic rings. The maximum absolute atomic E-state index is 12.5. The number of carbonyl (C=O) groups excluding carboxylic acids is 1. The highest BCUT2D eigenvalue weighted by molar-refractivity contribution is 7.18. The van der Waals surface area contributed by atoms with Crippen LogP contribution in [0.15, 0.2) is 41.8 Å². The quantitative estimate of drug-likeness (QED) is 0.600. The average molecular weight is 414 g/mol. The first-order valence-electron chi connectivity index (χ1n) is 10.1. The van der Waals surface area contributed by atoms with Gasteiger partial charge in [0.2, 0.25) is 5.91 Å². The van der Waals surface area contributed by atoms with Crippen molar-refractivity contribution in [3.63, 3.8) is 0 Å². The summed E-state index contributed by atoms with van der Waals surface area (Å²) in [6.45, 7) is 5.26. The molecule has 28 heavy (non-hydrogen) atoms. The lowest BCUT2D eigenvalue weighted by atomic mass is 9.97. The predicted molar refractivity (Wildman–Crippen MR) is 118 cm³/mol. The van der Waals surface area contributed by atoms with Crippen LogP contribution in [0.2, 0.25) is 0 Å². The van der Waals surface area contributed by atoms with Crippen molar-refractivity contribution in [3.05, 3.63) is 51.7 Å². The third-order valence-electron chi connectivity index (χ3n) is 5.53. The van der Waals surface area contributed by atoms with Gasteiger partial charge in [-0.2, -0.15) is 0 Å². The van der Waals surface area contributed by atoms with Crippen molar-refractivity contribution in [2.24, 2.45) is 5.92 Å². The lowest BCUT2D eigenvalue weighted by molar-refractivity contribution is -0.121. The number of aryl methyl sites for hydroxylation is 1. The van der Waals surface area contributed by atoms with E-state index in [0.29, 0.717) is 25.4 Å². The lowest BCUT2D eigenvalue weighted by Gasteiger charge is -2.36. The molecule has 6 heteroatoms. The first-order chi connectivity index (χ1) is 13.7. The van der Waals surface area contributed by atoms with Crippen molar-refractivity contribution in [3.8, 4) is 0 Å². The van der Waals surface area contributed by atoms with E-state index in [1.807, 2.05) is 18.2 Å². The number of carbonyl (C=O) groups is 1. The first kappa shape index (κ1) is 19.6. The van der Waals surface area contributed by atoms with Gasteiger partial charge in [-0.1, -0.05) is 25.1 Å². The molecule has 1 unspecified atom stereocenters. The maximum atomic E-state index is 12.5. The van der Waals surface area contributed by atoms with Crippen LogP contribution in [0, 0.1) is 5.92 Å². The van der Waals surface area contributed by atoms with E-state index in [9.17, 15) is 4.79 Å². The number of thiazole rings is 1. The van der Waals surface area contributed by atoms with Gasteiger partial charge in [-0.05, 0) is 55.4 Å². The highest BCUT2D eigenvalue weighted by atomic mass is 32.1. The van der Waals surface area contributed by atoms with E-state index in [1.165, 1.54) is 22.4 Å². The Kier molecular flexibility index (Phi) is 6.40. The van der Waals surface area contributed by atoms with Crippen molar-refractivity contribution in [2.75, 3.05) is 19.6 Å². The van der Waals surface area contributed by atoms with Crippen LogP contribution >= 0.6 is 22.7 Å². The summed E-state index contributed by atoms with van der Waals surface area (Å²) >= 11 is 3.48. The number of hydrogen-bond donors (Lipinski definition) is 1. The van der Waals surface area contributed by atoms with Gasteiger partial charge >= 0.3 is 0 Å². The van der Waals surface area contributed by atoms with Crippen molar-refractivity contribution in [2.45, 2.75) is 38.6 Å². The van der Waals surface area contributed by atoms with E-state index in [-0.39, 0.29) is 5.91 Å². The van der Waals surface area contributed by atoms with E-state index in [1.54, 1.807) is 22.7 Å². The molecule has 4 nitrogen and oxygen atoms in total. The van der Waals surface area contributed by atoms with Gasteiger partial charge in [-0.15, -0.1) is 22.7 Å². The number of nitrogens with zero attached hydrogens (tertiary/aromatic N) is 2. The molecule has 2 aromatic heterocycles. The predicted octanol–water partition coefficient (Wildman–Crippen LogP) is 4.88. The molecule has 0 bridgehead atoms. The molecule has 1 aromatic carbocycles. The molecule has 148 valence electrons. The minimum absolute atomic E-state index is 0.117. The molecule has 1 N–H and O–H groups in total. The first-order valence-corrected chi connectivity index (χ1v) is 11.8. The Balaban J connectivity index is 1.32. The molecular formula is C22H27N3OS2. The topological polar surface area (TPSA) is 45.2 Å². The van der Waals surface area contributed by atoms with E-state index in [4.69, 9.17) is 0 Å². The molecule has 0 radical (unpaired) electrons. The van der Waals surface area contributed by atoms with E-state index >= 15 is 0 Å². The summed E-state index contributed by atoms with van der Waals surface area (Å²) in [5.74, 6) is 0.926. The van der Waals surface area contributed by atoms with Gasteiger partial charge in [0.1, 0.15) is 0 Å². The lowest BCUT2D eigenvalue weighted by Crippen LogP contribution is -2.41. The van der Waals surface area contributed by atoms with Gasteiger partial charge in [-0.25, -0.2) is 4.98 Å². The number of likely N-dealkylation sites (tertiary alicyclic amines) is 1. The number of para-hydroxylation sites is 1. The highest BCUT2D eigenvalue weighted by Gasteiger charge is 2.25. The molecule has 1 saturated heterocycles. The van der Waals surface area contributed by atoms with Crippen LogP contribution in [0.4, 0.5) is 0 Å². The molecule has 0 spiro atoms. The number of nitrogens with one attached hydrogen (secondary N) is 1. The molecule has 0 saturated carbocycles. The molecule has 0 aliphatic carbocycles. The van der Waals surface area contributed by atoms with Crippen molar-refractivity contribution in [1.29, 1.82) is 0 Å². The van der Waals surface area contributed by atoms with Gasteiger partial charge < -0.3 is 5.32 Å². The zero-order chi connectivity index (χ0) is 19.3. The molecule has 1 aliphatic heterocycles. The highest BCUT2D eigenvalue weighted by Crippen LogP contribution is 2.29. The second-order valence-electron chi connectivity index (χ2n) is 7.63. The number of rotatable bonds is 7. The van der Waals surface area contributed by atoms with Crippen LogP contribution in [0.5, 0.6) is 0 Å². The van der Waals surface area contributed by atoms with Crippen LogP contribution in [-0.4, -0.2) is 35.4 Å². The normalized spacial score (nSPS) is 17.0. The zero-order valence-electron chi connectivity index (χ0n) is 16.3. The second kappa shape index (κ2) is 9.16. The Morgan fingerprint density at radius 1 is 1.25 bits per heavy atom. The number of hydrogen-bond acceptors (Lipinski definition) is 5. The smallest absolute Gasteiger partial charge is 0.220 e. The van der Waals surface area contributed by atoms with Crippen molar-refractivity contribution in [1.82, 2.24) is 15.2 Å². The van der Waals surface area contributed by atoms with Gasteiger partial charge in [0, 0.05) is 24.3 Å². The van der Waals surface area contributed by atoms with E-state index in [2.05, 4.69) is 45.7 Å². The van der Waals surface area contributed by atoms with E-state index in [0.717, 1.165) is 29.5 Å². The Bertz CT molecular complexity index is 865. The van der Waals surface area contributed by atoms with Crippen LogP contribution in [-0.2, 0) is 11.2 Å². The SMILES string of the molecule is CC1CCN(C(CNC(=O)CCc2nc3ccccc3s2)c2cccs2)CC1.